The number of amidine groups is 1. The van der Waals surface area contributed by atoms with Gasteiger partial charge in [0, 0.05) is 17.5 Å². The van der Waals surface area contributed by atoms with E-state index in [0.717, 1.165) is 5.69 Å². The molecule has 3 rings (SSSR count). The fourth-order valence-electron chi connectivity index (χ4n) is 2.09. The standard InChI is InChI=1S/C17H14FN3OS2/c1-3-8-21-15(22)14(9-12-6-4-5-7-13(12)18)24-17(21)20-16-19-11(2)10-23-16/h3-7,9-10H,1,8H2,2H3/b14-9-,20-17+. The van der Waals surface area contributed by atoms with E-state index in [4.69, 9.17) is 0 Å². The minimum atomic E-state index is -0.366. The number of hydrogen-bond donors (Lipinski definition) is 0. The van der Waals surface area contributed by atoms with Crippen LogP contribution in [0.15, 0.2) is 52.2 Å². The van der Waals surface area contributed by atoms with Crippen molar-refractivity contribution in [2.45, 2.75) is 6.92 Å². The Hall–Kier alpha value is -2.25. The van der Waals surface area contributed by atoms with Gasteiger partial charge in [0.05, 0.1) is 10.6 Å². The molecule has 1 aliphatic heterocycles. The maximum absolute atomic E-state index is 13.8. The Bertz CT molecular complexity index is 857. The van der Waals surface area contributed by atoms with Crippen molar-refractivity contribution in [2.75, 3.05) is 6.54 Å². The Morgan fingerprint density at radius 3 is 2.88 bits per heavy atom. The van der Waals surface area contributed by atoms with Gasteiger partial charge in [0.25, 0.3) is 5.91 Å². The Morgan fingerprint density at radius 2 is 2.21 bits per heavy atom. The number of carbonyl (C=O) groups excluding carboxylic acids is 1. The first-order chi connectivity index (χ1) is 11.6. The lowest BCUT2D eigenvalue weighted by Crippen LogP contribution is -2.29. The largest absolute Gasteiger partial charge is 0.282 e. The van der Waals surface area contributed by atoms with Gasteiger partial charge < -0.3 is 0 Å². The number of benzene rings is 1. The Balaban J connectivity index is 1.96. The van der Waals surface area contributed by atoms with Gasteiger partial charge in [0.15, 0.2) is 5.17 Å². The molecule has 1 amide bonds. The Labute approximate surface area is 147 Å². The summed E-state index contributed by atoms with van der Waals surface area (Å²) in [6, 6.07) is 6.34. The topological polar surface area (TPSA) is 45.6 Å². The lowest BCUT2D eigenvalue weighted by molar-refractivity contribution is -0.121. The zero-order valence-electron chi connectivity index (χ0n) is 12.9. The van der Waals surface area contributed by atoms with E-state index in [1.807, 2.05) is 12.3 Å². The van der Waals surface area contributed by atoms with Crippen molar-refractivity contribution in [1.82, 2.24) is 9.88 Å². The molecule has 0 atom stereocenters. The number of halogens is 1. The van der Waals surface area contributed by atoms with Crippen molar-refractivity contribution >= 4 is 45.4 Å². The molecule has 24 heavy (non-hydrogen) atoms. The van der Waals surface area contributed by atoms with Gasteiger partial charge in [-0.2, -0.15) is 4.99 Å². The molecule has 0 N–H and O–H groups in total. The molecular weight excluding hydrogens is 345 g/mol. The van der Waals surface area contributed by atoms with Crippen LogP contribution in [0.4, 0.5) is 9.52 Å². The third-order valence-electron chi connectivity index (χ3n) is 3.19. The molecule has 2 aromatic rings. The molecule has 1 aliphatic rings. The van der Waals surface area contributed by atoms with Crippen LogP contribution >= 0.6 is 23.1 Å². The van der Waals surface area contributed by atoms with Crippen LogP contribution < -0.4 is 0 Å². The molecule has 7 heteroatoms. The highest BCUT2D eigenvalue weighted by Gasteiger charge is 2.33. The van der Waals surface area contributed by atoms with E-state index in [0.29, 0.717) is 27.3 Å². The summed E-state index contributed by atoms with van der Waals surface area (Å²) in [6.45, 7) is 5.90. The van der Waals surface area contributed by atoms with Gasteiger partial charge in [-0.05, 0) is 30.8 Å². The van der Waals surface area contributed by atoms with E-state index in [-0.39, 0.29) is 11.7 Å². The van der Waals surface area contributed by atoms with Crippen LogP contribution in [0.1, 0.15) is 11.3 Å². The van der Waals surface area contributed by atoms with E-state index in [1.54, 1.807) is 30.4 Å². The third-order valence-corrected chi connectivity index (χ3v) is 5.05. The van der Waals surface area contributed by atoms with Gasteiger partial charge in [-0.15, -0.1) is 17.9 Å². The van der Waals surface area contributed by atoms with Crippen molar-refractivity contribution in [1.29, 1.82) is 0 Å². The van der Waals surface area contributed by atoms with Gasteiger partial charge in [0.2, 0.25) is 5.13 Å². The number of amides is 1. The monoisotopic (exact) mass is 359 g/mol. The first-order valence-corrected chi connectivity index (χ1v) is 8.86. The van der Waals surface area contributed by atoms with Gasteiger partial charge in [-0.3, -0.25) is 9.69 Å². The maximum atomic E-state index is 13.8. The summed E-state index contributed by atoms with van der Waals surface area (Å²) in [5, 5.41) is 3.01. The number of aryl methyl sites for hydroxylation is 1. The molecule has 1 aromatic carbocycles. The van der Waals surface area contributed by atoms with Gasteiger partial charge >= 0.3 is 0 Å². The number of rotatable bonds is 4. The molecule has 0 unspecified atom stereocenters. The van der Waals surface area contributed by atoms with Gasteiger partial charge in [0.1, 0.15) is 5.82 Å². The van der Waals surface area contributed by atoms with Crippen LogP contribution in [0.25, 0.3) is 6.08 Å². The Kier molecular flexibility index (Phi) is 4.92. The summed E-state index contributed by atoms with van der Waals surface area (Å²) in [7, 11) is 0. The lowest BCUT2D eigenvalue weighted by Gasteiger charge is -2.11. The van der Waals surface area contributed by atoms with Crippen molar-refractivity contribution < 1.29 is 9.18 Å². The van der Waals surface area contributed by atoms with Crippen LogP contribution in [-0.2, 0) is 4.79 Å². The summed E-state index contributed by atoms with van der Waals surface area (Å²) in [5.74, 6) is -0.579. The van der Waals surface area contributed by atoms with Crippen LogP contribution in [-0.4, -0.2) is 27.5 Å². The zero-order valence-corrected chi connectivity index (χ0v) is 14.5. The smallest absolute Gasteiger partial charge is 0.267 e. The number of hydrogen-bond acceptors (Lipinski definition) is 5. The molecule has 0 saturated carbocycles. The van der Waals surface area contributed by atoms with Crippen molar-refractivity contribution in [3.05, 3.63) is 64.3 Å². The molecule has 0 radical (unpaired) electrons. The van der Waals surface area contributed by atoms with Gasteiger partial charge in [-0.1, -0.05) is 24.3 Å². The Morgan fingerprint density at radius 1 is 1.42 bits per heavy atom. The fraction of sp³-hybridized carbons (Fsp3) is 0.118. The summed E-state index contributed by atoms with van der Waals surface area (Å²) in [4.78, 5) is 23.3. The molecule has 2 heterocycles. The second kappa shape index (κ2) is 7.11. The molecule has 0 spiro atoms. The molecule has 0 aliphatic carbocycles. The average Bonchev–Trinajstić information content (AvgIpc) is 3.09. The predicted octanol–water partition coefficient (Wildman–Crippen LogP) is 4.38. The molecule has 0 bridgehead atoms. The molecule has 1 fully saturated rings. The average molecular weight is 359 g/mol. The SMILES string of the molecule is C=CCN1C(=O)/C(=C/c2ccccc2F)S/C1=N/c1nc(C)cs1. The quantitative estimate of drug-likeness (QED) is 0.601. The predicted molar refractivity (Wildman–Crippen MR) is 97.8 cm³/mol. The molecular formula is C17H14FN3OS2. The van der Waals surface area contributed by atoms with Gasteiger partial charge in [-0.25, -0.2) is 9.37 Å². The zero-order chi connectivity index (χ0) is 17.1. The number of aromatic nitrogens is 1. The second-order valence-corrected chi connectivity index (χ2v) is 6.85. The van der Waals surface area contributed by atoms with Crippen molar-refractivity contribution in [2.24, 2.45) is 4.99 Å². The number of nitrogens with zero attached hydrogens (tertiary/aromatic N) is 3. The van der Waals surface area contributed by atoms with E-state index < -0.39 is 0 Å². The number of carbonyl (C=O) groups is 1. The van der Waals surface area contributed by atoms with E-state index in [9.17, 15) is 9.18 Å². The first-order valence-electron chi connectivity index (χ1n) is 7.16. The van der Waals surface area contributed by atoms with Crippen LogP contribution in [0.5, 0.6) is 0 Å². The van der Waals surface area contributed by atoms with E-state index in [2.05, 4.69) is 16.6 Å². The van der Waals surface area contributed by atoms with E-state index in [1.165, 1.54) is 34.1 Å². The normalized spacial score (nSPS) is 17.9. The highest BCUT2D eigenvalue weighted by Crippen LogP contribution is 2.34. The van der Waals surface area contributed by atoms with Crippen molar-refractivity contribution in [3.8, 4) is 0 Å². The lowest BCUT2D eigenvalue weighted by atomic mass is 10.2. The second-order valence-electron chi connectivity index (χ2n) is 5.00. The summed E-state index contributed by atoms with van der Waals surface area (Å²) >= 11 is 2.62. The molecule has 1 saturated heterocycles. The van der Waals surface area contributed by atoms with E-state index >= 15 is 0 Å². The summed E-state index contributed by atoms with van der Waals surface area (Å²) in [6.07, 6.45) is 3.18. The van der Waals surface area contributed by atoms with Crippen LogP contribution in [0.2, 0.25) is 0 Å². The summed E-state index contributed by atoms with van der Waals surface area (Å²) < 4.78 is 13.8. The maximum Gasteiger partial charge on any atom is 0.267 e. The molecule has 122 valence electrons. The number of thiazole rings is 1. The highest BCUT2D eigenvalue weighted by atomic mass is 32.2. The number of thioether (sulfide) groups is 1. The van der Waals surface area contributed by atoms with Crippen molar-refractivity contribution in [3.63, 3.8) is 0 Å². The first kappa shape index (κ1) is 16.6. The number of aliphatic imine (C=N–C) groups is 1. The van der Waals surface area contributed by atoms with Crippen LogP contribution in [0.3, 0.4) is 0 Å². The van der Waals surface area contributed by atoms with Crippen LogP contribution in [0, 0.1) is 12.7 Å². The molecule has 4 nitrogen and oxygen atoms in total. The minimum Gasteiger partial charge on any atom is -0.282 e. The highest BCUT2D eigenvalue weighted by molar-refractivity contribution is 8.18. The minimum absolute atomic E-state index is 0.213. The summed E-state index contributed by atoms with van der Waals surface area (Å²) in [5.41, 5.74) is 1.25. The fourth-order valence-corrected chi connectivity index (χ4v) is 3.79. The molecule has 1 aromatic heterocycles. The third kappa shape index (κ3) is 3.47.